The van der Waals surface area contributed by atoms with E-state index >= 15 is 0 Å². The number of carboxylic acids is 1. The van der Waals surface area contributed by atoms with Gasteiger partial charge < -0.3 is 26.1 Å². The van der Waals surface area contributed by atoms with Gasteiger partial charge in [0.05, 0.1) is 7.14 Å². The molecular formula is C15H17I2NNa2O9S2. The molecule has 3 N–H and O–H groups in total. The number of aliphatic carboxylic acids is 1. The summed E-state index contributed by atoms with van der Waals surface area (Å²) in [7, 11) is 0. The Morgan fingerprint density at radius 2 is 1.58 bits per heavy atom. The van der Waals surface area contributed by atoms with Crippen molar-refractivity contribution < 1.29 is 103 Å². The largest absolute Gasteiger partial charge is 1.00 e. The van der Waals surface area contributed by atoms with E-state index in [4.69, 9.17) is 15.6 Å². The fourth-order valence-corrected chi connectivity index (χ4v) is 6.68. The SMILES string of the molecule is NC(Cc1cc(I)c(OC2CC(SOO[O-])CC(SOO[O-])C2)c(I)c1)C(=O)O.[Na+].[Na+]. The van der Waals surface area contributed by atoms with E-state index in [-0.39, 0.29) is 82.1 Å². The van der Waals surface area contributed by atoms with Gasteiger partial charge in [-0.25, -0.2) is 0 Å². The van der Waals surface area contributed by atoms with E-state index in [1.165, 1.54) is 0 Å². The zero-order chi connectivity index (χ0) is 21.4. The Bertz CT molecular complexity index is 659. The van der Waals surface area contributed by atoms with Crippen LogP contribution >= 0.6 is 69.3 Å². The summed E-state index contributed by atoms with van der Waals surface area (Å²) in [5.74, 6) is -0.390. The quantitative estimate of drug-likeness (QED) is 0.0743. The average molecular weight is 719 g/mol. The van der Waals surface area contributed by atoms with Gasteiger partial charge in [0, 0.05) is 34.6 Å². The molecule has 1 fully saturated rings. The first kappa shape index (κ1) is 33.4. The van der Waals surface area contributed by atoms with Crippen LogP contribution in [0.25, 0.3) is 0 Å². The van der Waals surface area contributed by atoms with Crippen LogP contribution in [0.1, 0.15) is 24.8 Å². The Hall–Kier alpha value is 2.37. The van der Waals surface area contributed by atoms with Crippen LogP contribution in [0.4, 0.5) is 0 Å². The van der Waals surface area contributed by atoms with Crippen LogP contribution in [0, 0.1) is 7.14 Å². The first-order valence-corrected chi connectivity index (χ1v) is 12.0. The minimum Gasteiger partial charge on any atom is -0.691 e. The van der Waals surface area contributed by atoms with Crippen LogP contribution in [-0.2, 0) is 30.0 Å². The normalized spacial score (nSPS) is 21.5. The number of benzene rings is 1. The van der Waals surface area contributed by atoms with E-state index in [9.17, 15) is 15.3 Å². The predicted molar refractivity (Wildman–Crippen MR) is 117 cm³/mol. The minimum absolute atomic E-state index is 0. The summed E-state index contributed by atoms with van der Waals surface area (Å²) in [6, 6.07) is 2.70. The summed E-state index contributed by atoms with van der Waals surface area (Å²) in [5, 5.41) is 35.9. The monoisotopic (exact) mass is 719 g/mol. The third-order valence-corrected chi connectivity index (χ3v) is 7.28. The third kappa shape index (κ3) is 11.8. The molecule has 1 aromatic rings. The molecule has 3 atom stereocenters. The van der Waals surface area contributed by atoms with Crippen LogP contribution < -0.4 is 80.1 Å². The number of ether oxygens (including phenoxy) is 1. The van der Waals surface area contributed by atoms with Gasteiger partial charge in [0.15, 0.2) is 0 Å². The molecule has 1 aromatic carbocycles. The summed E-state index contributed by atoms with van der Waals surface area (Å²) in [6.45, 7) is 0. The minimum atomic E-state index is -1.06. The second kappa shape index (κ2) is 17.7. The summed E-state index contributed by atoms with van der Waals surface area (Å²) in [6.07, 6.45) is 1.74. The van der Waals surface area contributed by atoms with Gasteiger partial charge >= 0.3 is 65.1 Å². The Kier molecular flexibility index (Phi) is 19.1. The molecule has 0 saturated heterocycles. The molecule has 0 aromatic heterocycles. The molecule has 164 valence electrons. The third-order valence-electron chi connectivity index (χ3n) is 4.10. The van der Waals surface area contributed by atoms with Crippen molar-refractivity contribution in [3.63, 3.8) is 0 Å². The van der Waals surface area contributed by atoms with E-state index in [1.54, 1.807) is 0 Å². The molecule has 31 heavy (non-hydrogen) atoms. The Morgan fingerprint density at radius 1 is 1.10 bits per heavy atom. The molecule has 1 saturated carbocycles. The van der Waals surface area contributed by atoms with Gasteiger partial charge in [-0.2, -0.15) is 8.67 Å². The number of hydrogen-bond donors (Lipinski definition) is 2. The van der Waals surface area contributed by atoms with E-state index in [1.807, 2.05) is 12.1 Å². The fourth-order valence-electron chi connectivity index (χ4n) is 2.92. The Labute approximate surface area is 259 Å². The summed E-state index contributed by atoms with van der Waals surface area (Å²) in [5.41, 5.74) is 6.42. The van der Waals surface area contributed by atoms with Gasteiger partial charge in [-0.3, -0.25) is 14.9 Å². The second-order valence-electron chi connectivity index (χ2n) is 6.19. The van der Waals surface area contributed by atoms with Crippen LogP contribution in [0.5, 0.6) is 5.75 Å². The van der Waals surface area contributed by atoms with Gasteiger partial charge in [-0.15, -0.1) is 0 Å². The maximum Gasteiger partial charge on any atom is 1.00 e. The number of nitrogens with two attached hydrogens (primary N) is 1. The first-order valence-electron chi connectivity index (χ1n) is 8.20. The molecule has 1 aliphatic rings. The van der Waals surface area contributed by atoms with E-state index in [0.29, 0.717) is 25.0 Å². The maximum absolute atomic E-state index is 11.0. The fraction of sp³-hybridized carbons (Fsp3) is 0.533. The van der Waals surface area contributed by atoms with Crippen LogP contribution in [-0.4, -0.2) is 33.7 Å². The van der Waals surface area contributed by atoms with Crippen molar-refractivity contribution in [2.45, 2.75) is 48.3 Å². The smallest absolute Gasteiger partial charge is 0.691 e. The predicted octanol–water partition coefficient (Wildman–Crippen LogP) is -4.73. The molecule has 16 heteroatoms. The van der Waals surface area contributed by atoms with Crippen molar-refractivity contribution in [2.75, 3.05) is 0 Å². The van der Waals surface area contributed by atoms with Gasteiger partial charge in [-0.05, 0) is 88.6 Å². The molecule has 0 spiro atoms. The Morgan fingerprint density at radius 3 is 2.00 bits per heavy atom. The summed E-state index contributed by atoms with van der Waals surface area (Å²) < 4.78 is 16.7. The molecule has 3 unspecified atom stereocenters. The molecule has 0 bridgehead atoms. The van der Waals surface area contributed by atoms with Gasteiger partial charge in [0.1, 0.15) is 17.9 Å². The topological polar surface area (TPSA) is 156 Å². The zero-order valence-electron chi connectivity index (χ0n) is 16.7. The summed E-state index contributed by atoms with van der Waals surface area (Å²) >= 11 is 6.04. The molecule has 0 heterocycles. The molecule has 0 amide bonds. The zero-order valence-corrected chi connectivity index (χ0v) is 26.6. The van der Waals surface area contributed by atoms with Crippen LogP contribution in [0.15, 0.2) is 12.1 Å². The first-order chi connectivity index (χ1) is 13.8. The van der Waals surface area contributed by atoms with Crippen LogP contribution in [0.2, 0.25) is 0 Å². The van der Waals surface area contributed by atoms with Gasteiger partial charge in [0.25, 0.3) is 0 Å². The van der Waals surface area contributed by atoms with Crippen molar-refractivity contribution >= 4 is 75.2 Å². The molecule has 0 aliphatic heterocycles. The van der Waals surface area contributed by atoms with Crippen molar-refractivity contribution in [3.8, 4) is 5.75 Å². The standard InChI is InChI=1S/C15H19I2NO9S2.2Na/c16-11-1-7(3-13(18)15(19)20)2-12(17)14(11)23-8-4-9(28-26-24-21)6-10(5-8)29-27-25-22;;/h1-2,8-10,13,21-22H,3-6,18H2,(H,19,20);;/q;2*+1/p-2. The van der Waals surface area contributed by atoms with Crippen molar-refractivity contribution in [3.05, 3.63) is 24.8 Å². The number of rotatable bonds is 11. The number of hydrogen-bond acceptors (Lipinski definition) is 11. The second-order valence-corrected chi connectivity index (χ2v) is 10.5. The van der Waals surface area contributed by atoms with Crippen molar-refractivity contribution in [1.82, 2.24) is 0 Å². The van der Waals surface area contributed by atoms with E-state index in [2.05, 4.69) is 63.9 Å². The average Bonchev–Trinajstić information content (AvgIpc) is 2.67. The number of carbonyl (C=O) groups is 1. The molecule has 2 rings (SSSR count). The molecular weight excluding hydrogens is 702 g/mol. The van der Waals surface area contributed by atoms with Crippen LogP contribution in [0.3, 0.4) is 0 Å². The number of halogens is 2. The molecule has 10 nitrogen and oxygen atoms in total. The number of carboxylic acid groups (broad SMARTS) is 1. The Balaban J connectivity index is 0.00000450. The van der Waals surface area contributed by atoms with Gasteiger partial charge in [0.2, 0.25) is 0 Å². The van der Waals surface area contributed by atoms with E-state index < -0.39 is 12.0 Å². The molecule has 0 radical (unpaired) electrons. The molecule has 1 aliphatic carbocycles. The summed E-state index contributed by atoms with van der Waals surface area (Å²) in [4.78, 5) is 11.0. The van der Waals surface area contributed by atoms with Gasteiger partial charge in [-0.1, -0.05) is 0 Å². The van der Waals surface area contributed by atoms with E-state index in [0.717, 1.165) is 36.8 Å². The van der Waals surface area contributed by atoms with Crippen molar-refractivity contribution in [2.24, 2.45) is 5.73 Å². The van der Waals surface area contributed by atoms with Crippen molar-refractivity contribution in [1.29, 1.82) is 0 Å². The maximum atomic E-state index is 11.0.